The van der Waals surface area contributed by atoms with Crippen LogP contribution in [0.3, 0.4) is 0 Å². The van der Waals surface area contributed by atoms with Gasteiger partial charge in [-0.3, -0.25) is 0 Å². The molecular weight excluding hydrogens is 318 g/mol. The fourth-order valence-electron chi connectivity index (χ4n) is 1.29. The molecule has 0 spiro atoms. The van der Waals surface area contributed by atoms with Crippen LogP contribution in [-0.4, -0.2) is 6.61 Å². The first kappa shape index (κ1) is 15.6. The van der Waals surface area contributed by atoms with Crippen molar-refractivity contribution >= 4 is 28.5 Å². The van der Waals surface area contributed by atoms with Crippen molar-refractivity contribution in [1.29, 1.82) is 0 Å². The summed E-state index contributed by atoms with van der Waals surface area (Å²) in [6, 6.07) is 0. The zero-order valence-corrected chi connectivity index (χ0v) is 12.7. The van der Waals surface area contributed by atoms with E-state index in [2.05, 4.69) is 46.3 Å². The average Bonchev–Trinajstić information content (AvgIpc) is 2.26. The van der Waals surface area contributed by atoms with Gasteiger partial charge in [0.05, 0.1) is 13.1 Å². The molecule has 0 amide bonds. The molecule has 0 aliphatic carbocycles. The smallest absolute Gasteiger partial charge is 0.0793 e. The molecule has 0 aromatic rings. The van der Waals surface area contributed by atoms with Gasteiger partial charge >= 0.3 is 0 Å². The first-order valence-corrected chi connectivity index (χ1v) is 9.69. The molecular formula is C12H22IOP. The minimum atomic E-state index is 0.624. The quantitative estimate of drug-likeness (QED) is 0.223. The van der Waals surface area contributed by atoms with E-state index in [4.69, 9.17) is 4.52 Å². The largest absolute Gasteiger partial charge is 0.352 e. The third-order valence-electron chi connectivity index (χ3n) is 2.11. The molecule has 0 N–H and O–H groups in total. The standard InChI is InChI=1S/C12H22IOP/c1-2-3-4-5-6-7-8-9-10-11-12-14-15-13/h2-5,15H,6-12H2,1H3/b3-2+,5-4+. The maximum atomic E-state index is 5.30. The predicted molar refractivity (Wildman–Crippen MR) is 79.9 cm³/mol. The van der Waals surface area contributed by atoms with Crippen molar-refractivity contribution in [1.82, 2.24) is 0 Å². The number of allylic oxidation sites excluding steroid dienone is 4. The third kappa shape index (κ3) is 14.6. The van der Waals surface area contributed by atoms with Gasteiger partial charge in [0, 0.05) is 0 Å². The van der Waals surface area contributed by atoms with Gasteiger partial charge in [-0.2, -0.15) is 0 Å². The Morgan fingerprint density at radius 3 is 2.53 bits per heavy atom. The average molecular weight is 340 g/mol. The molecule has 1 atom stereocenters. The van der Waals surface area contributed by atoms with Gasteiger partial charge in [0.2, 0.25) is 0 Å². The normalized spacial score (nSPS) is 12.7. The molecule has 0 aromatic carbocycles. The summed E-state index contributed by atoms with van der Waals surface area (Å²) in [6.07, 6.45) is 16.3. The molecule has 0 bridgehead atoms. The van der Waals surface area contributed by atoms with Gasteiger partial charge in [0.15, 0.2) is 0 Å². The Hall–Kier alpha value is 0.600. The molecule has 3 heteroatoms. The van der Waals surface area contributed by atoms with Crippen LogP contribution >= 0.6 is 28.5 Å². The van der Waals surface area contributed by atoms with Crippen molar-refractivity contribution in [3.05, 3.63) is 24.3 Å². The predicted octanol–water partition coefficient (Wildman–Crippen LogP) is 5.42. The summed E-state index contributed by atoms with van der Waals surface area (Å²) in [5.74, 6) is 0. The van der Waals surface area contributed by atoms with Crippen LogP contribution < -0.4 is 0 Å². The van der Waals surface area contributed by atoms with E-state index in [1.165, 1.54) is 38.5 Å². The van der Waals surface area contributed by atoms with Crippen molar-refractivity contribution in [2.24, 2.45) is 0 Å². The second-order valence-electron chi connectivity index (χ2n) is 3.44. The number of hydrogen-bond donors (Lipinski definition) is 0. The molecule has 0 fully saturated rings. The van der Waals surface area contributed by atoms with Crippen molar-refractivity contribution in [3.63, 3.8) is 0 Å². The van der Waals surface area contributed by atoms with Gasteiger partial charge in [-0.1, -0.05) is 43.6 Å². The highest BCUT2D eigenvalue weighted by atomic mass is 127. The lowest BCUT2D eigenvalue weighted by Crippen LogP contribution is -1.85. The third-order valence-corrected chi connectivity index (χ3v) is 3.36. The Labute approximate surface area is 109 Å². The molecule has 88 valence electrons. The number of hydrogen-bond acceptors (Lipinski definition) is 1. The molecule has 0 aromatic heterocycles. The zero-order chi connectivity index (χ0) is 11.2. The molecule has 15 heavy (non-hydrogen) atoms. The highest BCUT2D eigenvalue weighted by Crippen LogP contribution is 2.22. The molecule has 0 aliphatic heterocycles. The summed E-state index contributed by atoms with van der Waals surface area (Å²) < 4.78 is 5.30. The van der Waals surface area contributed by atoms with E-state index in [1.807, 2.05) is 6.92 Å². The van der Waals surface area contributed by atoms with Crippen LogP contribution in [0.5, 0.6) is 0 Å². The Kier molecular flexibility index (Phi) is 15.2. The summed E-state index contributed by atoms with van der Waals surface area (Å²) in [6.45, 7) is 3.62. The Bertz CT molecular complexity index is 169. The fraction of sp³-hybridized carbons (Fsp3) is 0.667. The first-order chi connectivity index (χ1) is 7.41. The maximum absolute atomic E-state index is 5.30. The molecule has 0 saturated heterocycles. The summed E-state index contributed by atoms with van der Waals surface area (Å²) in [7, 11) is 0. The Morgan fingerprint density at radius 2 is 1.80 bits per heavy atom. The minimum absolute atomic E-state index is 0.624. The minimum Gasteiger partial charge on any atom is -0.352 e. The van der Waals surface area contributed by atoms with Gasteiger partial charge in [-0.25, -0.2) is 0 Å². The summed E-state index contributed by atoms with van der Waals surface area (Å²) in [5.41, 5.74) is 0. The summed E-state index contributed by atoms with van der Waals surface area (Å²) in [5, 5.41) is 0. The lowest BCUT2D eigenvalue weighted by atomic mass is 10.1. The second-order valence-corrected chi connectivity index (χ2v) is 5.20. The van der Waals surface area contributed by atoms with E-state index in [-0.39, 0.29) is 0 Å². The maximum Gasteiger partial charge on any atom is 0.0793 e. The van der Waals surface area contributed by atoms with Crippen LogP contribution in [0.2, 0.25) is 0 Å². The van der Waals surface area contributed by atoms with Gasteiger partial charge in [-0.05, 0) is 48.2 Å². The fourth-order valence-corrected chi connectivity index (χ4v) is 2.17. The number of rotatable bonds is 10. The van der Waals surface area contributed by atoms with E-state index in [9.17, 15) is 0 Å². The van der Waals surface area contributed by atoms with Crippen molar-refractivity contribution < 1.29 is 4.52 Å². The van der Waals surface area contributed by atoms with Crippen LogP contribution in [0.4, 0.5) is 0 Å². The van der Waals surface area contributed by atoms with Gasteiger partial charge in [0.1, 0.15) is 0 Å². The number of unbranched alkanes of at least 4 members (excludes halogenated alkanes) is 5. The highest BCUT2D eigenvalue weighted by molar-refractivity contribution is 14.2. The molecule has 1 unspecified atom stereocenters. The Balaban J connectivity index is 2.98. The lowest BCUT2D eigenvalue weighted by molar-refractivity contribution is 0.352. The van der Waals surface area contributed by atoms with Gasteiger partial charge < -0.3 is 4.52 Å². The number of halogens is 1. The topological polar surface area (TPSA) is 9.23 Å². The first-order valence-electron chi connectivity index (χ1n) is 5.67. The van der Waals surface area contributed by atoms with E-state index in [0.717, 1.165) is 6.61 Å². The van der Waals surface area contributed by atoms with Gasteiger partial charge in [-0.15, -0.1) is 0 Å². The molecule has 0 aliphatic rings. The highest BCUT2D eigenvalue weighted by Gasteiger charge is 1.90. The zero-order valence-electron chi connectivity index (χ0n) is 9.55. The van der Waals surface area contributed by atoms with Crippen LogP contribution in [0.25, 0.3) is 0 Å². The van der Waals surface area contributed by atoms with E-state index in [1.54, 1.807) is 0 Å². The van der Waals surface area contributed by atoms with Crippen LogP contribution in [0, 0.1) is 0 Å². The second kappa shape index (κ2) is 14.6. The monoisotopic (exact) mass is 340 g/mol. The summed E-state index contributed by atoms with van der Waals surface area (Å²) in [4.78, 5) is 0. The van der Waals surface area contributed by atoms with Gasteiger partial charge in [0.25, 0.3) is 0 Å². The SMILES string of the molecule is C/C=C/C=C/CCCCCCCOPI. The van der Waals surface area contributed by atoms with E-state index in [0.29, 0.717) is 6.45 Å². The van der Waals surface area contributed by atoms with Crippen molar-refractivity contribution in [2.45, 2.75) is 45.4 Å². The molecule has 0 saturated carbocycles. The summed E-state index contributed by atoms with van der Waals surface area (Å²) >= 11 is 2.27. The molecule has 0 rings (SSSR count). The molecule has 0 radical (unpaired) electrons. The molecule has 0 heterocycles. The Morgan fingerprint density at radius 1 is 1.07 bits per heavy atom. The van der Waals surface area contributed by atoms with Crippen LogP contribution in [-0.2, 0) is 4.52 Å². The van der Waals surface area contributed by atoms with Crippen molar-refractivity contribution in [3.8, 4) is 0 Å². The van der Waals surface area contributed by atoms with E-state index >= 15 is 0 Å². The van der Waals surface area contributed by atoms with E-state index < -0.39 is 0 Å². The lowest BCUT2D eigenvalue weighted by Gasteiger charge is -2.00. The van der Waals surface area contributed by atoms with Crippen LogP contribution in [0.15, 0.2) is 24.3 Å². The van der Waals surface area contributed by atoms with Crippen molar-refractivity contribution in [2.75, 3.05) is 6.61 Å². The molecule has 1 nitrogen and oxygen atoms in total. The van der Waals surface area contributed by atoms with Crippen LogP contribution in [0.1, 0.15) is 45.4 Å².